The summed E-state index contributed by atoms with van der Waals surface area (Å²) in [6.07, 6.45) is 4.79. The largest absolute Gasteiger partial charge is 0.493 e. The SMILES string of the molecule is C[C@H](C(=O)O)[C@H](c1cccc(OCC2CC(I)C2)c1)C1CC1. The highest BCUT2D eigenvalue weighted by molar-refractivity contribution is 14.1. The minimum Gasteiger partial charge on any atom is -0.493 e. The summed E-state index contributed by atoms with van der Waals surface area (Å²) in [4.78, 5) is 11.4. The summed E-state index contributed by atoms with van der Waals surface area (Å²) in [5.41, 5.74) is 1.12. The number of rotatable bonds is 7. The maximum Gasteiger partial charge on any atom is 0.306 e. The number of hydrogen-bond donors (Lipinski definition) is 1. The van der Waals surface area contributed by atoms with Gasteiger partial charge in [-0.25, -0.2) is 0 Å². The molecule has 2 saturated carbocycles. The molecule has 3 rings (SSSR count). The van der Waals surface area contributed by atoms with Crippen molar-refractivity contribution in [2.24, 2.45) is 17.8 Å². The monoisotopic (exact) mass is 414 g/mol. The molecule has 2 fully saturated rings. The molecule has 2 aliphatic rings. The van der Waals surface area contributed by atoms with E-state index in [1.165, 1.54) is 12.8 Å². The van der Waals surface area contributed by atoms with Crippen LogP contribution < -0.4 is 4.74 Å². The summed E-state index contributed by atoms with van der Waals surface area (Å²) in [6, 6.07) is 8.09. The zero-order valence-electron chi connectivity index (χ0n) is 12.9. The Balaban J connectivity index is 1.67. The third kappa shape index (κ3) is 3.76. The lowest BCUT2D eigenvalue weighted by atomic mass is 9.83. The number of halogens is 1. The predicted octanol–water partition coefficient (Wildman–Crippen LogP) is 4.49. The van der Waals surface area contributed by atoms with Crippen molar-refractivity contribution in [1.82, 2.24) is 0 Å². The van der Waals surface area contributed by atoms with Gasteiger partial charge in [0.25, 0.3) is 0 Å². The number of carboxylic acids is 1. The van der Waals surface area contributed by atoms with Crippen molar-refractivity contribution >= 4 is 28.6 Å². The lowest BCUT2D eigenvalue weighted by Crippen LogP contribution is -2.28. The van der Waals surface area contributed by atoms with Crippen LogP contribution in [-0.4, -0.2) is 21.6 Å². The number of carboxylic acid groups (broad SMARTS) is 1. The number of benzene rings is 1. The Morgan fingerprint density at radius 2 is 2.14 bits per heavy atom. The molecule has 0 radical (unpaired) electrons. The fourth-order valence-electron chi connectivity index (χ4n) is 3.39. The third-order valence-corrected chi connectivity index (χ3v) is 5.98. The average molecular weight is 414 g/mol. The summed E-state index contributed by atoms with van der Waals surface area (Å²) in [5.74, 6) is 1.16. The summed E-state index contributed by atoms with van der Waals surface area (Å²) in [5, 5.41) is 9.37. The van der Waals surface area contributed by atoms with E-state index in [4.69, 9.17) is 4.74 Å². The smallest absolute Gasteiger partial charge is 0.306 e. The first-order valence-corrected chi connectivity index (χ1v) is 9.38. The first-order chi connectivity index (χ1) is 10.5. The Morgan fingerprint density at radius 3 is 2.73 bits per heavy atom. The molecule has 0 amide bonds. The molecule has 0 saturated heterocycles. The second-order valence-electron chi connectivity index (χ2n) is 6.81. The van der Waals surface area contributed by atoms with Crippen LogP contribution in [0.4, 0.5) is 0 Å². The van der Waals surface area contributed by atoms with E-state index in [9.17, 15) is 9.90 Å². The molecule has 0 spiro atoms. The number of ether oxygens (including phenoxy) is 1. The van der Waals surface area contributed by atoms with Crippen LogP contribution in [0.2, 0.25) is 0 Å². The lowest BCUT2D eigenvalue weighted by molar-refractivity contribution is -0.142. The highest BCUT2D eigenvalue weighted by Gasteiger charge is 2.38. The predicted molar refractivity (Wildman–Crippen MR) is 94.7 cm³/mol. The van der Waals surface area contributed by atoms with Gasteiger partial charge in [-0.1, -0.05) is 41.6 Å². The van der Waals surface area contributed by atoms with Crippen LogP contribution in [0.15, 0.2) is 24.3 Å². The fraction of sp³-hybridized carbons (Fsp3) is 0.611. The molecule has 2 aliphatic carbocycles. The van der Waals surface area contributed by atoms with Crippen LogP contribution in [0.1, 0.15) is 44.1 Å². The van der Waals surface area contributed by atoms with E-state index >= 15 is 0 Å². The van der Waals surface area contributed by atoms with E-state index in [0.717, 1.165) is 34.7 Å². The number of aliphatic carboxylic acids is 1. The van der Waals surface area contributed by atoms with Gasteiger partial charge in [-0.15, -0.1) is 0 Å². The highest BCUT2D eigenvalue weighted by Crippen LogP contribution is 2.47. The van der Waals surface area contributed by atoms with Crippen LogP contribution >= 0.6 is 22.6 Å². The molecule has 2 atom stereocenters. The summed E-state index contributed by atoms with van der Waals surface area (Å²) >= 11 is 2.49. The second kappa shape index (κ2) is 6.77. The molecule has 120 valence electrons. The molecule has 0 aromatic heterocycles. The van der Waals surface area contributed by atoms with Gasteiger partial charge in [-0.3, -0.25) is 4.79 Å². The van der Waals surface area contributed by atoms with Gasteiger partial charge in [0, 0.05) is 3.92 Å². The Hall–Kier alpha value is -0.780. The van der Waals surface area contributed by atoms with Crippen molar-refractivity contribution in [2.45, 2.75) is 42.4 Å². The lowest BCUT2D eigenvalue weighted by Gasteiger charge is -2.31. The van der Waals surface area contributed by atoms with Crippen molar-refractivity contribution in [3.05, 3.63) is 29.8 Å². The zero-order valence-corrected chi connectivity index (χ0v) is 15.0. The van der Waals surface area contributed by atoms with Crippen molar-refractivity contribution in [3.63, 3.8) is 0 Å². The van der Waals surface area contributed by atoms with Crippen LogP contribution in [-0.2, 0) is 4.79 Å². The van der Waals surface area contributed by atoms with Crippen molar-refractivity contribution in [3.8, 4) is 5.75 Å². The van der Waals surface area contributed by atoms with Gasteiger partial charge in [0.1, 0.15) is 5.75 Å². The topological polar surface area (TPSA) is 46.5 Å². The van der Waals surface area contributed by atoms with E-state index in [1.807, 2.05) is 19.1 Å². The summed E-state index contributed by atoms with van der Waals surface area (Å²) < 4.78 is 6.75. The number of carbonyl (C=O) groups is 1. The first kappa shape index (κ1) is 16.1. The second-order valence-corrected chi connectivity index (χ2v) is 8.57. The molecule has 1 aromatic rings. The van der Waals surface area contributed by atoms with Gasteiger partial charge < -0.3 is 9.84 Å². The van der Waals surface area contributed by atoms with Gasteiger partial charge in [0.2, 0.25) is 0 Å². The molecular formula is C18H23IO3. The van der Waals surface area contributed by atoms with Gasteiger partial charge in [0.05, 0.1) is 12.5 Å². The molecule has 0 heterocycles. The molecule has 0 bridgehead atoms. The maximum absolute atomic E-state index is 11.4. The van der Waals surface area contributed by atoms with Crippen LogP contribution in [0, 0.1) is 17.8 Å². The Labute approximate surface area is 145 Å². The Morgan fingerprint density at radius 1 is 1.41 bits per heavy atom. The Kier molecular flexibility index (Phi) is 4.95. The molecule has 22 heavy (non-hydrogen) atoms. The third-order valence-electron chi connectivity index (χ3n) is 4.96. The normalized spacial score (nSPS) is 26.8. The van der Waals surface area contributed by atoms with Gasteiger partial charge >= 0.3 is 5.97 Å². The van der Waals surface area contributed by atoms with E-state index in [2.05, 4.69) is 34.7 Å². The first-order valence-electron chi connectivity index (χ1n) is 8.14. The number of hydrogen-bond acceptors (Lipinski definition) is 2. The molecule has 0 unspecified atom stereocenters. The molecule has 4 heteroatoms. The molecule has 3 nitrogen and oxygen atoms in total. The van der Waals surface area contributed by atoms with Gasteiger partial charge in [-0.2, -0.15) is 0 Å². The van der Waals surface area contributed by atoms with Crippen LogP contribution in [0.25, 0.3) is 0 Å². The molecule has 1 aromatic carbocycles. The molecule has 1 N–H and O–H groups in total. The summed E-state index contributed by atoms with van der Waals surface area (Å²) in [6.45, 7) is 2.61. The van der Waals surface area contributed by atoms with E-state index in [0.29, 0.717) is 11.8 Å². The quantitative estimate of drug-likeness (QED) is 0.528. The molecule has 0 aliphatic heterocycles. The van der Waals surface area contributed by atoms with E-state index in [-0.39, 0.29) is 11.8 Å². The summed E-state index contributed by atoms with van der Waals surface area (Å²) in [7, 11) is 0. The van der Waals surface area contributed by atoms with Gasteiger partial charge in [-0.05, 0) is 61.1 Å². The highest BCUT2D eigenvalue weighted by atomic mass is 127. The van der Waals surface area contributed by atoms with Gasteiger partial charge in [0.15, 0.2) is 0 Å². The maximum atomic E-state index is 11.4. The Bertz CT molecular complexity index is 535. The fourth-order valence-corrected chi connectivity index (χ4v) is 4.83. The van der Waals surface area contributed by atoms with E-state index in [1.54, 1.807) is 0 Å². The van der Waals surface area contributed by atoms with Crippen LogP contribution in [0.3, 0.4) is 0 Å². The number of alkyl halides is 1. The average Bonchev–Trinajstić information content (AvgIpc) is 3.27. The standard InChI is InChI=1S/C18H23IO3/c1-11(18(20)21)17(13-5-6-13)14-3-2-4-16(9-14)22-10-12-7-15(19)8-12/h2-4,9,11-13,15,17H,5-8,10H2,1H3,(H,20,21)/t11-,12?,15?,17-/m0/s1. The molecular weight excluding hydrogens is 391 g/mol. The minimum absolute atomic E-state index is 0.114. The van der Waals surface area contributed by atoms with Crippen molar-refractivity contribution in [1.29, 1.82) is 0 Å². The van der Waals surface area contributed by atoms with Crippen molar-refractivity contribution < 1.29 is 14.6 Å². The van der Waals surface area contributed by atoms with Crippen LogP contribution in [0.5, 0.6) is 5.75 Å². The minimum atomic E-state index is -0.703. The van der Waals surface area contributed by atoms with Crippen molar-refractivity contribution in [2.75, 3.05) is 6.61 Å². The zero-order chi connectivity index (χ0) is 15.7. The van der Waals surface area contributed by atoms with E-state index < -0.39 is 5.97 Å².